The summed E-state index contributed by atoms with van der Waals surface area (Å²) in [4.78, 5) is 9.73. The molecule has 0 heterocycles. The molecule has 0 aromatic rings. The Morgan fingerprint density at radius 1 is 1.89 bits per heavy atom. The van der Waals surface area contributed by atoms with Crippen LogP contribution in [0.25, 0.3) is 0 Å². The van der Waals surface area contributed by atoms with Crippen LogP contribution in [0.1, 0.15) is 0 Å². The van der Waals surface area contributed by atoms with E-state index in [1.54, 1.807) is 0 Å². The summed E-state index contributed by atoms with van der Waals surface area (Å²) < 4.78 is 0. The number of halogens is 2. The standard InChI is InChI=1S/C3H4BrClO3.Na/c4-1-3(5,8)2(6)7;/h8H,1H2,(H,6,7);/q;+1/p-1. The van der Waals surface area contributed by atoms with Gasteiger partial charge in [0, 0.05) is 0 Å². The molecule has 0 aromatic carbocycles. The fourth-order valence-corrected chi connectivity index (χ4v) is 0.283. The van der Waals surface area contributed by atoms with Crippen LogP contribution in [0.3, 0.4) is 0 Å². The molecule has 0 aliphatic carbocycles. The number of carboxylic acids is 1. The molecule has 9 heavy (non-hydrogen) atoms. The Labute approximate surface area is 87.8 Å². The molecule has 1 atom stereocenters. The number of aliphatic carboxylic acids is 1. The SMILES string of the molecule is O=C([O-])C(O)(Cl)CBr.[Na+]. The fraction of sp³-hybridized carbons (Fsp3) is 0.667. The van der Waals surface area contributed by atoms with Gasteiger partial charge in [0.25, 0.3) is 0 Å². The van der Waals surface area contributed by atoms with Gasteiger partial charge in [-0.1, -0.05) is 27.5 Å². The predicted molar refractivity (Wildman–Crippen MR) is 29.6 cm³/mol. The van der Waals surface area contributed by atoms with Gasteiger partial charge >= 0.3 is 29.6 Å². The monoisotopic (exact) mass is 224 g/mol. The first-order chi connectivity index (χ1) is 3.50. The molecule has 1 N–H and O–H groups in total. The molecular weight excluding hydrogens is 222 g/mol. The van der Waals surface area contributed by atoms with Crippen molar-refractivity contribution in [3.05, 3.63) is 0 Å². The summed E-state index contributed by atoms with van der Waals surface area (Å²) in [7, 11) is 0. The number of hydrogen-bond acceptors (Lipinski definition) is 3. The fourth-order valence-electron chi connectivity index (χ4n) is 0.0546. The van der Waals surface area contributed by atoms with Gasteiger partial charge < -0.3 is 15.0 Å². The maximum Gasteiger partial charge on any atom is 1.00 e. The van der Waals surface area contributed by atoms with Gasteiger partial charge in [-0.25, -0.2) is 0 Å². The van der Waals surface area contributed by atoms with Crippen molar-refractivity contribution >= 4 is 33.5 Å². The molecule has 1 unspecified atom stereocenters. The van der Waals surface area contributed by atoms with Crippen molar-refractivity contribution in [2.24, 2.45) is 0 Å². The van der Waals surface area contributed by atoms with E-state index in [1.165, 1.54) is 0 Å². The predicted octanol–water partition coefficient (Wildman–Crippen LogP) is -3.94. The van der Waals surface area contributed by atoms with Gasteiger partial charge in [0.05, 0.1) is 11.3 Å². The Balaban J connectivity index is 0. The summed E-state index contributed by atoms with van der Waals surface area (Å²) in [5.74, 6) is -1.70. The van der Waals surface area contributed by atoms with Crippen LogP contribution in [0.5, 0.6) is 0 Å². The molecule has 0 saturated heterocycles. The molecule has 0 fully saturated rings. The van der Waals surface area contributed by atoms with Crippen molar-refractivity contribution in [1.29, 1.82) is 0 Å². The van der Waals surface area contributed by atoms with Gasteiger partial charge in [0.2, 0.25) is 0 Å². The molecule has 0 aliphatic heterocycles. The zero-order chi connectivity index (χ0) is 6.78. The smallest absolute Gasteiger partial charge is 0.546 e. The number of hydrogen-bond donors (Lipinski definition) is 1. The summed E-state index contributed by atoms with van der Waals surface area (Å²) in [5, 5.41) is 15.7. The molecule has 0 radical (unpaired) electrons. The van der Waals surface area contributed by atoms with Crippen LogP contribution in [-0.2, 0) is 4.79 Å². The minimum absolute atomic E-state index is 0. The molecule has 6 heteroatoms. The quantitative estimate of drug-likeness (QED) is 0.386. The van der Waals surface area contributed by atoms with Crippen molar-refractivity contribution in [1.82, 2.24) is 0 Å². The maximum atomic E-state index is 9.73. The number of aliphatic hydroxyl groups is 1. The first-order valence-corrected chi connectivity index (χ1v) is 3.19. The van der Waals surface area contributed by atoms with Crippen LogP contribution in [0.4, 0.5) is 0 Å². The molecule has 0 saturated carbocycles. The van der Waals surface area contributed by atoms with Crippen LogP contribution < -0.4 is 34.7 Å². The third-order valence-electron chi connectivity index (χ3n) is 0.490. The molecule has 0 spiro atoms. The second-order valence-electron chi connectivity index (χ2n) is 1.18. The molecule has 0 aliphatic rings. The molecule has 48 valence electrons. The van der Waals surface area contributed by atoms with E-state index < -0.39 is 11.0 Å². The van der Waals surface area contributed by atoms with Crippen molar-refractivity contribution < 1.29 is 44.6 Å². The summed E-state index contributed by atoms with van der Waals surface area (Å²) in [5.41, 5.74) is 0. The molecule has 3 nitrogen and oxygen atoms in total. The Kier molecular flexibility index (Phi) is 7.04. The van der Waals surface area contributed by atoms with E-state index in [0.29, 0.717) is 0 Å². The van der Waals surface area contributed by atoms with Crippen molar-refractivity contribution in [2.75, 3.05) is 5.33 Å². The average molecular weight is 225 g/mol. The average Bonchev–Trinajstić information content (AvgIpc) is 1.67. The van der Waals surface area contributed by atoms with E-state index in [4.69, 9.17) is 16.7 Å². The van der Waals surface area contributed by atoms with Gasteiger partial charge in [0.15, 0.2) is 5.06 Å². The third kappa shape index (κ3) is 4.58. The van der Waals surface area contributed by atoms with Gasteiger partial charge in [-0.2, -0.15) is 0 Å². The Morgan fingerprint density at radius 3 is 2.22 bits per heavy atom. The molecule has 0 aromatic heterocycles. The van der Waals surface area contributed by atoms with Crippen LogP contribution in [0.2, 0.25) is 0 Å². The van der Waals surface area contributed by atoms with Crippen LogP contribution in [0, 0.1) is 0 Å². The molecule has 0 amide bonds. The van der Waals surface area contributed by atoms with E-state index in [2.05, 4.69) is 15.9 Å². The van der Waals surface area contributed by atoms with Crippen molar-refractivity contribution in [3.63, 3.8) is 0 Å². The van der Waals surface area contributed by atoms with E-state index >= 15 is 0 Å². The van der Waals surface area contributed by atoms with Gasteiger partial charge in [-0.3, -0.25) is 0 Å². The minimum Gasteiger partial charge on any atom is -0.546 e. The summed E-state index contributed by atoms with van der Waals surface area (Å²) in [6.45, 7) is 0. The second kappa shape index (κ2) is 4.93. The minimum atomic E-state index is -2.26. The van der Waals surface area contributed by atoms with Crippen LogP contribution in [-0.4, -0.2) is 21.5 Å². The largest absolute Gasteiger partial charge is 1.00 e. The van der Waals surface area contributed by atoms with Crippen LogP contribution >= 0.6 is 27.5 Å². The van der Waals surface area contributed by atoms with Crippen molar-refractivity contribution in [3.8, 4) is 0 Å². The first-order valence-electron chi connectivity index (χ1n) is 1.69. The Hall–Kier alpha value is 1.20. The zero-order valence-corrected chi connectivity index (χ0v) is 9.07. The first kappa shape index (κ1) is 12.8. The summed E-state index contributed by atoms with van der Waals surface area (Å²) >= 11 is 7.57. The summed E-state index contributed by atoms with van der Waals surface area (Å²) in [6, 6.07) is 0. The second-order valence-corrected chi connectivity index (χ2v) is 2.37. The normalized spacial score (nSPS) is 15.4. The number of carbonyl (C=O) groups excluding carboxylic acids is 1. The van der Waals surface area contributed by atoms with E-state index in [9.17, 15) is 9.90 Å². The van der Waals surface area contributed by atoms with E-state index in [1.807, 2.05) is 0 Å². The van der Waals surface area contributed by atoms with E-state index in [0.717, 1.165) is 0 Å². The number of rotatable bonds is 2. The van der Waals surface area contributed by atoms with Gasteiger partial charge in [-0.05, 0) is 0 Å². The molecular formula is C3H3BrClNaO3. The number of alkyl halides is 2. The number of carboxylic acid groups (broad SMARTS) is 1. The zero-order valence-electron chi connectivity index (χ0n) is 4.73. The Morgan fingerprint density at radius 2 is 2.22 bits per heavy atom. The van der Waals surface area contributed by atoms with E-state index in [-0.39, 0.29) is 34.9 Å². The van der Waals surface area contributed by atoms with Crippen molar-refractivity contribution in [2.45, 2.75) is 5.06 Å². The van der Waals surface area contributed by atoms with Crippen LogP contribution in [0.15, 0.2) is 0 Å². The molecule has 0 rings (SSSR count). The topological polar surface area (TPSA) is 60.4 Å². The maximum absolute atomic E-state index is 9.73. The summed E-state index contributed by atoms with van der Waals surface area (Å²) in [6.07, 6.45) is 0. The van der Waals surface area contributed by atoms with Gasteiger partial charge in [0.1, 0.15) is 0 Å². The van der Waals surface area contributed by atoms with Gasteiger partial charge in [-0.15, -0.1) is 0 Å². The Bertz CT molecular complexity index is 107. The third-order valence-corrected chi connectivity index (χ3v) is 1.91. The number of carbonyl (C=O) groups is 1. The molecule has 0 bridgehead atoms.